The van der Waals surface area contributed by atoms with E-state index in [1.54, 1.807) is 18.3 Å². The molecule has 0 saturated heterocycles. The van der Waals surface area contributed by atoms with E-state index < -0.39 is 5.97 Å². The maximum Gasteiger partial charge on any atom is 0.303 e. The average molecular weight is 334 g/mol. The molecule has 0 fully saturated rings. The summed E-state index contributed by atoms with van der Waals surface area (Å²) in [6.07, 6.45) is 2.14. The monoisotopic (exact) mass is 334 g/mol. The minimum atomic E-state index is -0.823. The largest absolute Gasteiger partial charge is 0.494 e. The molecule has 6 nitrogen and oxygen atoms in total. The Morgan fingerprint density at radius 2 is 2.04 bits per heavy atom. The number of carboxylic acids is 1. The van der Waals surface area contributed by atoms with Crippen molar-refractivity contribution < 1.29 is 19.4 Å². The molecule has 1 aromatic heterocycles. The highest BCUT2D eigenvalue weighted by atomic mass is 32.1. The minimum Gasteiger partial charge on any atom is -0.494 e. The first-order chi connectivity index (χ1) is 11.0. The quantitative estimate of drug-likeness (QED) is 0.725. The summed E-state index contributed by atoms with van der Waals surface area (Å²) in [7, 11) is 0. The van der Waals surface area contributed by atoms with Crippen LogP contribution in [0.1, 0.15) is 33.1 Å². The summed E-state index contributed by atoms with van der Waals surface area (Å²) in [5.41, 5.74) is 0.956. The molecule has 0 bridgehead atoms. The molecular weight excluding hydrogens is 316 g/mol. The highest BCUT2D eigenvalue weighted by molar-refractivity contribution is 7.13. The summed E-state index contributed by atoms with van der Waals surface area (Å²) >= 11 is 1.36. The summed E-state index contributed by atoms with van der Waals surface area (Å²) < 4.78 is 5.45. The first-order valence-corrected chi connectivity index (χ1v) is 8.00. The van der Waals surface area contributed by atoms with Gasteiger partial charge >= 0.3 is 5.97 Å². The number of hydrogen-bond acceptors (Lipinski definition) is 5. The average Bonchev–Trinajstić information content (AvgIpc) is 2.97. The molecule has 1 aromatic carbocycles. The molecule has 1 heterocycles. The zero-order chi connectivity index (χ0) is 16.7. The van der Waals surface area contributed by atoms with Gasteiger partial charge in [-0.2, -0.15) is 0 Å². The number of carbonyl (C=O) groups is 2. The summed E-state index contributed by atoms with van der Waals surface area (Å²) in [5, 5.41) is 12.2. The number of aromatic nitrogens is 1. The Labute approximate surface area is 138 Å². The van der Waals surface area contributed by atoms with Gasteiger partial charge in [-0.15, -0.1) is 11.3 Å². The molecule has 0 spiro atoms. The van der Waals surface area contributed by atoms with Crippen molar-refractivity contribution in [1.82, 2.24) is 10.3 Å². The van der Waals surface area contributed by atoms with Gasteiger partial charge < -0.3 is 15.2 Å². The van der Waals surface area contributed by atoms with Crippen molar-refractivity contribution in [1.29, 1.82) is 0 Å². The van der Waals surface area contributed by atoms with Gasteiger partial charge in [-0.25, -0.2) is 4.98 Å². The SMILES string of the molecule is Cc1ncc(C(=O)NCc2ccc(OCCCC(=O)O)cc2)s1. The zero-order valence-electron chi connectivity index (χ0n) is 12.7. The van der Waals surface area contributed by atoms with Gasteiger partial charge in [-0.1, -0.05) is 12.1 Å². The predicted molar refractivity (Wildman–Crippen MR) is 86.8 cm³/mol. The third-order valence-electron chi connectivity index (χ3n) is 3.03. The third kappa shape index (κ3) is 5.71. The molecular formula is C16H18N2O4S. The summed E-state index contributed by atoms with van der Waals surface area (Å²) in [6, 6.07) is 7.34. The number of carboxylic acid groups (broad SMARTS) is 1. The molecule has 23 heavy (non-hydrogen) atoms. The van der Waals surface area contributed by atoms with Crippen LogP contribution < -0.4 is 10.1 Å². The van der Waals surface area contributed by atoms with E-state index in [1.807, 2.05) is 19.1 Å². The maximum absolute atomic E-state index is 11.9. The van der Waals surface area contributed by atoms with Crippen LogP contribution in [0.3, 0.4) is 0 Å². The van der Waals surface area contributed by atoms with Gasteiger partial charge in [0.2, 0.25) is 0 Å². The van der Waals surface area contributed by atoms with Gasteiger partial charge in [-0.05, 0) is 31.0 Å². The lowest BCUT2D eigenvalue weighted by molar-refractivity contribution is -0.137. The van der Waals surface area contributed by atoms with Gasteiger partial charge in [0.05, 0.1) is 17.8 Å². The summed E-state index contributed by atoms with van der Waals surface area (Å²) in [5.74, 6) is -0.274. The molecule has 122 valence electrons. The molecule has 0 unspecified atom stereocenters. The Kier molecular flexibility index (Phi) is 6.10. The van der Waals surface area contributed by atoms with Crippen LogP contribution in [0.25, 0.3) is 0 Å². The molecule has 0 saturated carbocycles. The Morgan fingerprint density at radius 3 is 2.65 bits per heavy atom. The number of nitrogens with zero attached hydrogens (tertiary/aromatic N) is 1. The van der Waals surface area contributed by atoms with Gasteiger partial charge in [0.1, 0.15) is 10.6 Å². The first kappa shape index (κ1) is 17.0. The number of rotatable bonds is 8. The van der Waals surface area contributed by atoms with Crippen molar-refractivity contribution >= 4 is 23.2 Å². The van der Waals surface area contributed by atoms with Crippen LogP contribution in [0.4, 0.5) is 0 Å². The lowest BCUT2D eigenvalue weighted by atomic mass is 10.2. The standard InChI is InChI=1S/C16H18N2O4S/c1-11-17-10-14(23-11)16(21)18-9-12-4-6-13(7-5-12)22-8-2-3-15(19)20/h4-7,10H,2-3,8-9H2,1H3,(H,18,21)(H,19,20). The third-order valence-corrected chi connectivity index (χ3v) is 3.94. The van der Waals surface area contributed by atoms with Crippen LogP contribution >= 0.6 is 11.3 Å². The molecule has 0 atom stereocenters. The summed E-state index contributed by atoms with van der Waals surface area (Å²) in [4.78, 5) is 27.0. The Balaban J connectivity index is 1.76. The van der Waals surface area contributed by atoms with Crippen LogP contribution in [-0.4, -0.2) is 28.6 Å². The second-order valence-corrected chi connectivity index (χ2v) is 6.15. The van der Waals surface area contributed by atoms with Gasteiger partial charge in [0.15, 0.2) is 0 Å². The van der Waals surface area contributed by atoms with E-state index in [2.05, 4.69) is 10.3 Å². The lowest BCUT2D eigenvalue weighted by Crippen LogP contribution is -2.21. The van der Waals surface area contributed by atoms with Crippen LogP contribution in [0.5, 0.6) is 5.75 Å². The van der Waals surface area contributed by atoms with Crippen molar-refractivity contribution in [2.45, 2.75) is 26.3 Å². The normalized spacial score (nSPS) is 10.3. The number of ether oxygens (including phenoxy) is 1. The maximum atomic E-state index is 11.9. The smallest absolute Gasteiger partial charge is 0.303 e. The molecule has 0 aliphatic rings. The predicted octanol–water partition coefficient (Wildman–Crippen LogP) is 2.63. The highest BCUT2D eigenvalue weighted by Gasteiger charge is 2.08. The first-order valence-electron chi connectivity index (χ1n) is 7.19. The Morgan fingerprint density at radius 1 is 1.30 bits per heavy atom. The fraction of sp³-hybridized carbons (Fsp3) is 0.312. The molecule has 2 aromatic rings. The minimum absolute atomic E-state index is 0.0984. The molecule has 7 heteroatoms. The molecule has 2 N–H and O–H groups in total. The number of aryl methyl sites for hydroxylation is 1. The number of amides is 1. The summed E-state index contributed by atoms with van der Waals surface area (Å²) in [6.45, 7) is 2.65. The van der Waals surface area contributed by atoms with E-state index in [0.717, 1.165) is 10.6 Å². The topological polar surface area (TPSA) is 88.5 Å². The number of benzene rings is 1. The molecule has 1 amide bonds. The number of aliphatic carboxylic acids is 1. The number of carbonyl (C=O) groups excluding carboxylic acids is 1. The van der Waals surface area contributed by atoms with E-state index in [1.165, 1.54) is 11.3 Å². The van der Waals surface area contributed by atoms with Crippen molar-refractivity contribution in [2.75, 3.05) is 6.61 Å². The lowest BCUT2D eigenvalue weighted by Gasteiger charge is -2.07. The number of thiazole rings is 1. The van der Waals surface area contributed by atoms with Crippen molar-refractivity contribution in [3.8, 4) is 5.75 Å². The van der Waals surface area contributed by atoms with Crippen LogP contribution in [0, 0.1) is 6.92 Å². The van der Waals surface area contributed by atoms with E-state index in [4.69, 9.17) is 9.84 Å². The van der Waals surface area contributed by atoms with E-state index in [-0.39, 0.29) is 12.3 Å². The Bertz CT molecular complexity index is 667. The van der Waals surface area contributed by atoms with Crippen LogP contribution in [0.2, 0.25) is 0 Å². The van der Waals surface area contributed by atoms with Crippen molar-refractivity contribution in [2.24, 2.45) is 0 Å². The molecule has 0 aliphatic carbocycles. The van der Waals surface area contributed by atoms with E-state index in [0.29, 0.717) is 30.2 Å². The van der Waals surface area contributed by atoms with Gasteiger partial charge in [0, 0.05) is 13.0 Å². The van der Waals surface area contributed by atoms with Gasteiger partial charge in [-0.3, -0.25) is 9.59 Å². The fourth-order valence-corrected chi connectivity index (χ4v) is 2.55. The molecule has 0 aliphatic heterocycles. The van der Waals surface area contributed by atoms with E-state index >= 15 is 0 Å². The van der Waals surface area contributed by atoms with Crippen molar-refractivity contribution in [3.63, 3.8) is 0 Å². The second kappa shape index (κ2) is 8.28. The molecule has 0 radical (unpaired) electrons. The van der Waals surface area contributed by atoms with E-state index in [9.17, 15) is 9.59 Å². The zero-order valence-corrected chi connectivity index (χ0v) is 13.6. The van der Waals surface area contributed by atoms with Gasteiger partial charge in [0.25, 0.3) is 5.91 Å². The van der Waals surface area contributed by atoms with Crippen molar-refractivity contribution in [3.05, 3.63) is 45.9 Å². The molecule has 2 rings (SSSR count). The number of nitrogens with one attached hydrogen (secondary N) is 1. The fourth-order valence-electron chi connectivity index (χ4n) is 1.85. The van der Waals surface area contributed by atoms with Crippen LogP contribution in [-0.2, 0) is 11.3 Å². The number of hydrogen-bond donors (Lipinski definition) is 2. The van der Waals surface area contributed by atoms with Crippen LogP contribution in [0.15, 0.2) is 30.5 Å². The second-order valence-electron chi connectivity index (χ2n) is 4.92. The Hall–Kier alpha value is -2.41. The highest BCUT2D eigenvalue weighted by Crippen LogP contribution is 2.14.